The highest BCUT2D eigenvalue weighted by Gasteiger charge is 2.37. The van der Waals surface area contributed by atoms with Gasteiger partial charge in [-0.2, -0.15) is 13.2 Å². The number of aryl methyl sites for hydroxylation is 1. The quantitative estimate of drug-likeness (QED) is 0.430. The molecule has 2 aromatic carbocycles. The standard InChI is InChI=1S/C23H18F4N4O/c1-13-2-4-14(5-3-13)16-10-28-22(31-12-30-21(20(16)31)23(25,26)27)29-11-17-15-8-9-32-19(15)7-6-18(17)24/h2-7,10,12H,8-9,11H2,1H3,(H,28,29). The van der Waals surface area contributed by atoms with E-state index in [0.717, 1.165) is 17.5 Å². The number of imidazole rings is 1. The second-order valence-electron chi connectivity index (χ2n) is 7.63. The van der Waals surface area contributed by atoms with Crippen molar-refractivity contribution in [2.75, 3.05) is 11.9 Å². The Morgan fingerprint density at radius 2 is 1.88 bits per heavy atom. The molecule has 2 aromatic heterocycles. The molecule has 0 saturated heterocycles. The van der Waals surface area contributed by atoms with Gasteiger partial charge in [0.1, 0.15) is 17.9 Å². The van der Waals surface area contributed by atoms with Crippen LogP contribution in [0.2, 0.25) is 0 Å². The van der Waals surface area contributed by atoms with Crippen LogP contribution in [0.4, 0.5) is 23.5 Å². The van der Waals surface area contributed by atoms with E-state index >= 15 is 0 Å². The summed E-state index contributed by atoms with van der Waals surface area (Å²) in [5.74, 6) is 0.351. The highest BCUT2D eigenvalue weighted by molar-refractivity contribution is 5.83. The lowest BCUT2D eigenvalue weighted by Gasteiger charge is -2.14. The van der Waals surface area contributed by atoms with Crippen LogP contribution in [-0.4, -0.2) is 21.0 Å². The van der Waals surface area contributed by atoms with Crippen molar-refractivity contribution in [3.05, 3.63) is 77.1 Å². The molecule has 0 radical (unpaired) electrons. The van der Waals surface area contributed by atoms with Crippen LogP contribution in [0.25, 0.3) is 16.6 Å². The average molecular weight is 442 g/mol. The number of alkyl halides is 3. The zero-order valence-electron chi connectivity index (χ0n) is 17.0. The van der Waals surface area contributed by atoms with E-state index in [2.05, 4.69) is 15.3 Å². The van der Waals surface area contributed by atoms with E-state index in [1.807, 2.05) is 19.1 Å². The van der Waals surface area contributed by atoms with Gasteiger partial charge >= 0.3 is 6.18 Å². The SMILES string of the molecule is Cc1ccc(-c2cnc(NCc3c(F)ccc4c3CCO4)n3cnc(C(F)(F)F)c23)cc1. The van der Waals surface area contributed by atoms with E-state index in [4.69, 9.17) is 4.74 Å². The minimum Gasteiger partial charge on any atom is -0.493 e. The lowest BCUT2D eigenvalue weighted by molar-refractivity contribution is -0.139. The van der Waals surface area contributed by atoms with Gasteiger partial charge < -0.3 is 10.1 Å². The van der Waals surface area contributed by atoms with Crippen molar-refractivity contribution in [2.24, 2.45) is 0 Å². The number of ether oxygens (including phenoxy) is 1. The van der Waals surface area contributed by atoms with Gasteiger partial charge in [-0.3, -0.25) is 4.40 Å². The molecule has 1 N–H and O–H groups in total. The monoisotopic (exact) mass is 442 g/mol. The molecule has 0 aliphatic carbocycles. The number of benzene rings is 2. The van der Waals surface area contributed by atoms with Gasteiger partial charge in [0.15, 0.2) is 5.69 Å². The fourth-order valence-corrected chi connectivity index (χ4v) is 3.97. The number of halogens is 4. The maximum absolute atomic E-state index is 14.5. The molecule has 32 heavy (non-hydrogen) atoms. The van der Waals surface area contributed by atoms with Crippen molar-refractivity contribution in [2.45, 2.75) is 26.1 Å². The molecule has 0 spiro atoms. The van der Waals surface area contributed by atoms with Gasteiger partial charge in [0.05, 0.1) is 12.1 Å². The van der Waals surface area contributed by atoms with E-state index in [9.17, 15) is 17.6 Å². The van der Waals surface area contributed by atoms with Crippen LogP contribution < -0.4 is 10.1 Å². The van der Waals surface area contributed by atoms with E-state index in [0.29, 0.717) is 35.5 Å². The molecule has 0 atom stereocenters. The lowest BCUT2D eigenvalue weighted by atomic mass is 10.0. The summed E-state index contributed by atoms with van der Waals surface area (Å²) in [6.07, 6.45) is -1.60. The topological polar surface area (TPSA) is 51.5 Å². The van der Waals surface area contributed by atoms with Gasteiger partial charge in [0, 0.05) is 35.9 Å². The number of fused-ring (bicyclic) bond motifs is 2. The predicted molar refractivity (Wildman–Crippen MR) is 111 cm³/mol. The minimum absolute atomic E-state index is 0.0455. The van der Waals surface area contributed by atoms with Crippen LogP contribution in [-0.2, 0) is 19.1 Å². The van der Waals surface area contributed by atoms with Gasteiger partial charge in [0.2, 0.25) is 5.95 Å². The summed E-state index contributed by atoms with van der Waals surface area (Å²) < 4.78 is 62.3. The first-order chi connectivity index (χ1) is 15.3. The van der Waals surface area contributed by atoms with Gasteiger partial charge in [-0.1, -0.05) is 29.8 Å². The normalized spacial score (nSPS) is 13.3. The summed E-state index contributed by atoms with van der Waals surface area (Å²) >= 11 is 0. The van der Waals surface area contributed by atoms with Crippen LogP contribution >= 0.6 is 0 Å². The molecule has 0 unspecified atom stereocenters. The maximum Gasteiger partial charge on any atom is 0.435 e. The fraction of sp³-hybridized carbons (Fsp3) is 0.217. The zero-order valence-corrected chi connectivity index (χ0v) is 17.0. The number of nitrogens with zero attached hydrogens (tertiary/aromatic N) is 3. The molecule has 1 aliphatic rings. The Hall–Kier alpha value is -3.62. The van der Waals surface area contributed by atoms with E-state index in [1.165, 1.54) is 16.7 Å². The zero-order chi connectivity index (χ0) is 22.5. The number of aromatic nitrogens is 3. The molecule has 0 saturated carbocycles. The fourth-order valence-electron chi connectivity index (χ4n) is 3.97. The van der Waals surface area contributed by atoms with Crippen molar-refractivity contribution >= 4 is 11.5 Å². The first-order valence-corrected chi connectivity index (χ1v) is 10.00. The highest BCUT2D eigenvalue weighted by Crippen LogP contribution is 2.37. The Labute approximate surface area is 180 Å². The van der Waals surface area contributed by atoms with Gasteiger partial charge in [0.25, 0.3) is 0 Å². The molecule has 0 fully saturated rings. The molecular formula is C23H18F4N4O. The molecule has 4 aromatic rings. The number of nitrogens with one attached hydrogen (secondary N) is 1. The molecule has 1 aliphatic heterocycles. The summed E-state index contributed by atoms with van der Waals surface area (Å²) in [7, 11) is 0. The van der Waals surface area contributed by atoms with Crippen LogP contribution in [0, 0.1) is 12.7 Å². The van der Waals surface area contributed by atoms with E-state index < -0.39 is 17.7 Å². The number of rotatable bonds is 4. The molecule has 3 heterocycles. The number of hydrogen-bond acceptors (Lipinski definition) is 4. The van der Waals surface area contributed by atoms with E-state index in [1.54, 1.807) is 18.2 Å². The number of hydrogen-bond donors (Lipinski definition) is 1. The van der Waals surface area contributed by atoms with Crippen LogP contribution in [0.15, 0.2) is 48.9 Å². The third-order valence-electron chi connectivity index (χ3n) is 5.56. The van der Waals surface area contributed by atoms with Gasteiger partial charge in [-0.05, 0) is 24.6 Å². The maximum atomic E-state index is 14.5. The Balaban J connectivity index is 1.59. The van der Waals surface area contributed by atoms with Crippen LogP contribution in [0.5, 0.6) is 5.75 Å². The van der Waals surface area contributed by atoms with E-state index in [-0.39, 0.29) is 18.0 Å². The first kappa shape index (κ1) is 20.3. The smallest absolute Gasteiger partial charge is 0.435 e. The largest absolute Gasteiger partial charge is 0.493 e. The Morgan fingerprint density at radius 3 is 2.62 bits per heavy atom. The molecule has 164 valence electrons. The van der Waals surface area contributed by atoms with Crippen molar-refractivity contribution in [1.29, 1.82) is 0 Å². The molecular weight excluding hydrogens is 424 g/mol. The Kier molecular flexibility index (Phi) is 4.76. The van der Waals surface area contributed by atoms with Crippen LogP contribution in [0.3, 0.4) is 0 Å². The number of anilines is 1. The van der Waals surface area contributed by atoms with Gasteiger partial charge in [-0.15, -0.1) is 0 Å². The third-order valence-corrected chi connectivity index (χ3v) is 5.56. The Morgan fingerprint density at radius 1 is 1.09 bits per heavy atom. The molecule has 9 heteroatoms. The predicted octanol–water partition coefficient (Wildman–Crippen LogP) is 5.41. The molecule has 0 bridgehead atoms. The van der Waals surface area contributed by atoms with Crippen LogP contribution in [0.1, 0.15) is 22.4 Å². The van der Waals surface area contributed by atoms with Crippen molar-refractivity contribution in [3.63, 3.8) is 0 Å². The average Bonchev–Trinajstić information content (AvgIpc) is 3.41. The highest BCUT2D eigenvalue weighted by atomic mass is 19.4. The summed E-state index contributed by atoms with van der Waals surface area (Å²) in [5.41, 5.74) is 1.94. The van der Waals surface area contributed by atoms with Crippen molar-refractivity contribution in [3.8, 4) is 16.9 Å². The van der Waals surface area contributed by atoms with Crippen molar-refractivity contribution < 1.29 is 22.3 Å². The second kappa shape index (κ2) is 7.51. The summed E-state index contributed by atoms with van der Waals surface area (Å²) in [4.78, 5) is 7.96. The van der Waals surface area contributed by atoms with Gasteiger partial charge in [-0.25, -0.2) is 14.4 Å². The molecule has 5 nitrogen and oxygen atoms in total. The first-order valence-electron chi connectivity index (χ1n) is 10.00. The lowest BCUT2D eigenvalue weighted by Crippen LogP contribution is -2.11. The minimum atomic E-state index is -4.64. The third kappa shape index (κ3) is 3.43. The summed E-state index contributed by atoms with van der Waals surface area (Å²) in [6, 6.07) is 10.0. The molecule has 5 rings (SSSR count). The summed E-state index contributed by atoms with van der Waals surface area (Å²) in [6.45, 7) is 2.41. The second-order valence-corrected chi connectivity index (χ2v) is 7.63. The van der Waals surface area contributed by atoms with Crippen molar-refractivity contribution in [1.82, 2.24) is 14.4 Å². The Bertz CT molecular complexity index is 1310. The molecule has 0 amide bonds. The summed E-state index contributed by atoms with van der Waals surface area (Å²) in [5, 5.41) is 2.98.